The molecule has 0 spiro atoms. The van der Waals surface area contributed by atoms with Crippen molar-refractivity contribution < 1.29 is 24.9 Å². The highest BCUT2D eigenvalue weighted by molar-refractivity contribution is 6.21. The summed E-state index contributed by atoms with van der Waals surface area (Å²) in [6.07, 6.45) is 28.2. The maximum atomic E-state index is 12.6. The lowest BCUT2D eigenvalue weighted by molar-refractivity contribution is -0.132. The zero-order chi connectivity index (χ0) is 26.9. The molecular weight excluding hydrogens is 452 g/mol. The third-order valence-corrected chi connectivity index (χ3v) is 5.93. The van der Waals surface area contributed by atoms with Crippen molar-refractivity contribution in [2.75, 3.05) is 6.61 Å². The normalized spacial score (nSPS) is 14.5. The Bertz CT molecular complexity index is 714. The van der Waals surface area contributed by atoms with E-state index in [2.05, 4.69) is 19.9 Å². The molecule has 0 aliphatic heterocycles. The first-order valence-electron chi connectivity index (χ1n) is 13.9. The number of carbonyl (C=O) groups excluding carboxylic acids is 2. The summed E-state index contributed by atoms with van der Waals surface area (Å²) in [5, 5.41) is 28.6. The van der Waals surface area contributed by atoms with Crippen LogP contribution in [0, 0.1) is 0 Å². The predicted octanol–water partition coefficient (Wildman–Crippen LogP) is 6.49. The van der Waals surface area contributed by atoms with Gasteiger partial charge in [-0.1, -0.05) is 127 Å². The second-order valence-corrected chi connectivity index (χ2v) is 9.22. The minimum absolute atomic E-state index is 0.154. The van der Waals surface area contributed by atoms with Gasteiger partial charge in [-0.2, -0.15) is 0 Å². The Balaban J connectivity index is 4.67. The number of hydrogen-bond donors (Lipinski definition) is 3. The number of aliphatic hydroxyl groups excluding tert-OH is 3. The molecule has 5 nitrogen and oxygen atoms in total. The molecule has 5 heteroatoms. The first-order chi connectivity index (χ1) is 17.5. The molecule has 0 aliphatic rings. The van der Waals surface area contributed by atoms with Crippen LogP contribution in [-0.4, -0.2) is 45.7 Å². The van der Waals surface area contributed by atoms with E-state index in [0.717, 1.165) is 32.1 Å². The van der Waals surface area contributed by atoms with Crippen LogP contribution in [0.5, 0.6) is 0 Å². The Morgan fingerprint density at radius 3 is 1.75 bits per heavy atom. The summed E-state index contributed by atoms with van der Waals surface area (Å²) in [4.78, 5) is 25.1. The molecule has 0 amide bonds. The van der Waals surface area contributed by atoms with Gasteiger partial charge < -0.3 is 15.3 Å². The van der Waals surface area contributed by atoms with Crippen LogP contribution in [0.15, 0.2) is 60.3 Å². The molecule has 0 rings (SSSR count). The van der Waals surface area contributed by atoms with Gasteiger partial charge in [0.15, 0.2) is 11.6 Å². The molecule has 0 aliphatic carbocycles. The van der Waals surface area contributed by atoms with Gasteiger partial charge in [-0.3, -0.25) is 9.59 Å². The summed E-state index contributed by atoms with van der Waals surface area (Å²) >= 11 is 0. The number of carbonyl (C=O) groups is 2. The number of aliphatic hydroxyl groups is 3. The van der Waals surface area contributed by atoms with Gasteiger partial charge in [0.2, 0.25) is 0 Å². The summed E-state index contributed by atoms with van der Waals surface area (Å²) in [6.45, 7) is 3.59. The van der Waals surface area contributed by atoms with Crippen molar-refractivity contribution in [1.82, 2.24) is 0 Å². The zero-order valence-corrected chi connectivity index (χ0v) is 22.6. The molecule has 3 N–H and O–H groups in total. The van der Waals surface area contributed by atoms with Crippen molar-refractivity contribution in [2.45, 2.75) is 116 Å². The van der Waals surface area contributed by atoms with Crippen molar-refractivity contribution in [3.8, 4) is 0 Å². The zero-order valence-electron chi connectivity index (χ0n) is 22.6. The molecule has 0 aromatic rings. The first-order valence-corrected chi connectivity index (χ1v) is 13.9. The van der Waals surface area contributed by atoms with E-state index < -0.39 is 24.6 Å². The summed E-state index contributed by atoms with van der Waals surface area (Å²) in [5.41, 5.74) is -0.154. The Morgan fingerprint density at radius 1 is 0.667 bits per heavy atom. The molecule has 2 atom stereocenters. The number of allylic oxidation sites excluding steroid dienone is 9. The number of Topliss-reactive ketones (excluding diaryl/α,β-unsaturated/α-hetero) is 2. The van der Waals surface area contributed by atoms with Crippen LogP contribution >= 0.6 is 0 Å². The van der Waals surface area contributed by atoms with E-state index in [0.29, 0.717) is 6.42 Å². The quantitative estimate of drug-likeness (QED) is 0.0488. The van der Waals surface area contributed by atoms with Gasteiger partial charge in [0, 0.05) is 6.42 Å². The number of hydrogen-bond acceptors (Lipinski definition) is 5. The molecule has 2 unspecified atom stereocenters. The van der Waals surface area contributed by atoms with Crippen LogP contribution in [0.1, 0.15) is 104 Å². The lowest BCUT2D eigenvalue weighted by Gasteiger charge is -2.15. The van der Waals surface area contributed by atoms with Crippen molar-refractivity contribution in [3.05, 3.63) is 60.3 Å². The topological polar surface area (TPSA) is 94.8 Å². The molecule has 204 valence electrons. The summed E-state index contributed by atoms with van der Waals surface area (Å²) < 4.78 is 0. The lowest BCUT2D eigenvalue weighted by atomic mass is 9.95. The van der Waals surface area contributed by atoms with Crippen LogP contribution in [0.2, 0.25) is 0 Å². The maximum absolute atomic E-state index is 12.6. The minimum atomic E-state index is -1.83. The van der Waals surface area contributed by atoms with Gasteiger partial charge in [-0.25, -0.2) is 0 Å². The third-order valence-electron chi connectivity index (χ3n) is 5.93. The molecule has 0 saturated heterocycles. The monoisotopic (exact) mass is 502 g/mol. The van der Waals surface area contributed by atoms with Crippen molar-refractivity contribution >= 4 is 11.6 Å². The largest absolute Gasteiger partial charge is 0.394 e. The first kappa shape index (κ1) is 33.9. The van der Waals surface area contributed by atoms with Crippen molar-refractivity contribution in [3.63, 3.8) is 0 Å². The number of rotatable bonds is 23. The number of unbranched alkanes of at least 4 members (excludes halogenated alkanes) is 11. The van der Waals surface area contributed by atoms with E-state index in [1.54, 1.807) is 18.2 Å². The van der Waals surface area contributed by atoms with Crippen LogP contribution < -0.4 is 0 Å². The molecule has 0 heterocycles. The van der Waals surface area contributed by atoms with Crippen molar-refractivity contribution in [1.29, 1.82) is 0 Å². The Kier molecular flexibility index (Phi) is 23.2. The van der Waals surface area contributed by atoms with Gasteiger partial charge >= 0.3 is 0 Å². The van der Waals surface area contributed by atoms with E-state index in [4.69, 9.17) is 5.11 Å². The molecule has 0 aromatic carbocycles. The molecule has 0 fully saturated rings. The van der Waals surface area contributed by atoms with Crippen LogP contribution in [-0.2, 0) is 9.59 Å². The molecule has 0 bridgehead atoms. The predicted molar refractivity (Wildman–Crippen MR) is 150 cm³/mol. The van der Waals surface area contributed by atoms with Gasteiger partial charge in [-0.15, -0.1) is 0 Å². The Hall–Kier alpha value is -2.08. The highest BCUT2D eigenvalue weighted by atomic mass is 16.4. The molecule has 0 aromatic heterocycles. The standard InChI is InChI=1S/C31H50O5/c1-3-5-7-9-10-11-12-13-14-15-16-17-18-19-21-22-24-27(30(35)31(36)29(34)26-32)28(33)25-23-20-8-6-4-2/h14-19,21-22,24,29,31-32,34,36H,3-13,20,23,25-26H2,1-2H3/b15-14+,17-16+,19-18+,22-21+,27-24+. The second kappa shape index (κ2) is 24.6. The Morgan fingerprint density at radius 2 is 1.17 bits per heavy atom. The third kappa shape index (κ3) is 18.2. The van der Waals surface area contributed by atoms with Gasteiger partial charge in [0.1, 0.15) is 12.2 Å². The van der Waals surface area contributed by atoms with Gasteiger partial charge in [0.25, 0.3) is 0 Å². The van der Waals surface area contributed by atoms with Gasteiger partial charge in [-0.05, 0) is 25.3 Å². The molecule has 0 saturated carbocycles. The SMILES string of the molecule is CCCCCCCCC/C=C/C=C/C=C/C=C/C=C(\C(=O)CCCCCCC)C(=O)C(O)C(O)CO. The highest BCUT2D eigenvalue weighted by Gasteiger charge is 2.29. The van der Waals surface area contributed by atoms with E-state index in [9.17, 15) is 19.8 Å². The Labute approximate surface area is 219 Å². The summed E-state index contributed by atoms with van der Waals surface area (Å²) in [7, 11) is 0. The fraction of sp³-hybridized carbons (Fsp3) is 0.613. The minimum Gasteiger partial charge on any atom is -0.394 e. The van der Waals surface area contributed by atoms with E-state index >= 15 is 0 Å². The number of ketones is 2. The lowest BCUT2D eigenvalue weighted by Crippen LogP contribution is -2.38. The second-order valence-electron chi connectivity index (χ2n) is 9.22. The smallest absolute Gasteiger partial charge is 0.197 e. The average Bonchev–Trinajstić information content (AvgIpc) is 2.89. The van der Waals surface area contributed by atoms with Gasteiger partial charge in [0.05, 0.1) is 12.2 Å². The van der Waals surface area contributed by atoms with Crippen LogP contribution in [0.3, 0.4) is 0 Å². The van der Waals surface area contributed by atoms with E-state index in [1.165, 1.54) is 51.0 Å². The fourth-order valence-electron chi connectivity index (χ4n) is 3.64. The van der Waals surface area contributed by atoms with E-state index in [1.807, 2.05) is 24.3 Å². The maximum Gasteiger partial charge on any atom is 0.197 e. The van der Waals surface area contributed by atoms with Crippen LogP contribution in [0.4, 0.5) is 0 Å². The summed E-state index contributed by atoms with van der Waals surface area (Å²) in [6, 6.07) is 0. The van der Waals surface area contributed by atoms with E-state index in [-0.39, 0.29) is 17.8 Å². The summed E-state index contributed by atoms with van der Waals surface area (Å²) in [5.74, 6) is -1.23. The molecular formula is C31H50O5. The average molecular weight is 503 g/mol. The van der Waals surface area contributed by atoms with Crippen molar-refractivity contribution in [2.24, 2.45) is 0 Å². The fourth-order valence-corrected chi connectivity index (χ4v) is 3.64. The molecule has 0 radical (unpaired) electrons. The highest BCUT2D eigenvalue weighted by Crippen LogP contribution is 2.13. The molecule has 36 heavy (non-hydrogen) atoms. The van der Waals surface area contributed by atoms with Crippen LogP contribution in [0.25, 0.3) is 0 Å².